The maximum Gasteiger partial charge on any atom is 0.338 e. The van der Waals surface area contributed by atoms with E-state index in [1.54, 1.807) is 48.5 Å². The summed E-state index contributed by atoms with van der Waals surface area (Å²) in [7, 11) is -4.10. The molecule has 0 aromatic heterocycles. The number of hydrogen-bond acceptors (Lipinski definition) is 6. The standard InChI is InChI=1S/C26H21ClN2O6S/c1-2-14-29(23-13-6-5-12-22(23)27)36(33,34)19-9-7-8-18(17-19)26(32)35-16-15-28-24(30)20-10-3-4-11-21(20)25(28)31/h2-13,17H,1,14-16H2. The van der Waals surface area contributed by atoms with Gasteiger partial charge in [0, 0.05) is 0 Å². The molecule has 2 amide bonds. The zero-order chi connectivity index (χ0) is 25.9. The third-order valence-electron chi connectivity index (χ3n) is 5.50. The number of halogens is 1. The van der Waals surface area contributed by atoms with Crippen molar-refractivity contribution in [2.24, 2.45) is 0 Å². The van der Waals surface area contributed by atoms with Crippen LogP contribution in [0.1, 0.15) is 31.1 Å². The largest absolute Gasteiger partial charge is 0.460 e. The molecule has 0 fully saturated rings. The molecule has 3 aromatic rings. The summed E-state index contributed by atoms with van der Waals surface area (Å²) in [5, 5.41) is 0.242. The normalized spacial score (nSPS) is 12.9. The van der Waals surface area contributed by atoms with E-state index >= 15 is 0 Å². The smallest absolute Gasteiger partial charge is 0.338 e. The summed E-state index contributed by atoms with van der Waals surface area (Å²) in [6, 6.07) is 18.3. The topological polar surface area (TPSA) is 101 Å². The number of anilines is 1. The summed E-state index contributed by atoms with van der Waals surface area (Å²) in [5.74, 6) is -1.71. The highest BCUT2D eigenvalue weighted by Gasteiger charge is 2.35. The monoisotopic (exact) mass is 524 g/mol. The summed E-state index contributed by atoms with van der Waals surface area (Å²) < 4.78 is 33.1. The zero-order valence-electron chi connectivity index (χ0n) is 19.0. The van der Waals surface area contributed by atoms with Crippen molar-refractivity contribution in [3.05, 3.63) is 107 Å². The molecule has 8 nitrogen and oxygen atoms in total. The van der Waals surface area contributed by atoms with E-state index in [0.717, 1.165) is 9.21 Å². The number of fused-ring (bicyclic) bond motifs is 1. The highest BCUT2D eigenvalue weighted by molar-refractivity contribution is 7.92. The van der Waals surface area contributed by atoms with Crippen LogP contribution in [0.3, 0.4) is 0 Å². The minimum absolute atomic E-state index is 0.00357. The van der Waals surface area contributed by atoms with Crippen LogP contribution in [-0.4, -0.2) is 50.8 Å². The summed E-state index contributed by atoms with van der Waals surface area (Å²) >= 11 is 6.22. The van der Waals surface area contributed by atoms with Crippen molar-refractivity contribution in [1.29, 1.82) is 0 Å². The van der Waals surface area contributed by atoms with Crippen molar-refractivity contribution >= 4 is 45.1 Å². The predicted molar refractivity (Wildman–Crippen MR) is 135 cm³/mol. The average Bonchev–Trinajstić information content (AvgIpc) is 3.12. The van der Waals surface area contributed by atoms with E-state index in [4.69, 9.17) is 16.3 Å². The van der Waals surface area contributed by atoms with Crippen molar-refractivity contribution in [2.75, 3.05) is 24.0 Å². The van der Waals surface area contributed by atoms with Crippen molar-refractivity contribution in [3.8, 4) is 0 Å². The first kappa shape index (κ1) is 25.2. The van der Waals surface area contributed by atoms with Gasteiger partial charge >= 0.3 is 5.97 Å². The molecule has 0 unspecified atom stereocenters. The van der Waals surface area contributed by atoms with Crippen LogP contribution in [0.25, 0.3) is 0 Å². The summed E-state index contributed by atoms with van der Waals surface area (Å²) in [5.41, 5.74) is 0.868. The minimum atomic E-state index is -4.10. The molecule has 0 radical (unpaired) electrons. The number of hydrogen-bond donors (Lipinski definition) is 0. The van der Waals surface area contributed by atoms with Gasteiger partial charge in [0.2, 0.25) is 0 Å². The summed E-state index contributed by atoms with van der Waals surface area (Å²) in [6.07, 6.45) is 1.43. The second kappa shape index (κ2) is 10.3. The second-order valence-corrected chi connectivity index (χ2v) is 10.0. The van der Waals surface area contributed by atoms with Crippen LogP contribution in [0.15, 0.2) is 90.3 Å². The van der Waals surface area contributed by atoms with E-state index in [0.29, 0.717) is 11.1 Å². The number of nitrogens with zero attached hydrogens (tertiary/aromatic N) is 2. The minimum Gasteiger partial charge on any atom is -0.460 e. The number of imide groups is 1. The molecule has 184 valence electrons. The maximum atomic E-state index is 13.4. The summed E-state index contributed by atoms with van der Waals surface area (Å²) in [4.78, 5) is 38.4. The molecule has 0 N–H and O–H groups in total. The van der Waals surface area contributed by atoms with Gasteiger partial charge in [0.1, 0.15) is 6.61 Å². The van der Waals surface area contributed by atoms with Crippen LogP contribution in [0, 0.1) is 0 Å². The van der Waals surface area contributed by atoms with Crippen molar-refractivity contribution in [1.82, 2.24) is 4.90 Å². The van der Waals surface area contributed by atoms with Crippen LogP contribution < -0.4 is 4.31 Å². The Morgan fingerprint density at radius 3 is 2.25 bits per heavy atom. The Morgan fingerprint density at radius 2 is 1.61 bits per heavy atom. The summed E-state index contributed by atoms with van der Waals surface area (Å²) in [6.45, 7) is 3.21. The molecule has 0 saturated carbocycles. The van der Waals surface area contributed by atoms with Crippen molar-refractivity contribution in [2.45, 2.75) is 4.90 Å². The molecule has 1 aliphatic heterocycles. The highest BCUT2D eigenvalue weighted by Crippen LogP contribution is 2.30. The molecule has 36 heavy (non-hydrogen) atoms. The molecule has 1 heterocycles. The molecule has 10 heteroatoms. The molecule has 0 bridgehead atoms. The van der Waals surface area contributed by atoms with Gasteiger partial charge in [0.25, 0.3) is 21.8 Å². The molecule has 4 rings (SSSR count). The predicted octanol–water partition coefficient (Wildman–Crippen LogP) is 4.17. The van der Waals surface area contributed by atoms with E-state index < -0.39 is 27.8 Å². The van der Waals surface area contributed by atoms with Gasteiger partial charge in [0.15, 0.2) is 0 Å². The lowest BCUT2D eigenvalue weighted by Crippen LogP contribution is -2.33. The first-order valence-corrected chi connectivity index (χ1v) is 12.7. The number of rotatable bonds is 9. The third-order valence-corrected chi connectivity index (χ3v) is 7.60. The average molecular weight is 525 g/mol. The lowest BCUT2D eigenvalue weighted by Gasteiger charge is -2.24. The maximum absolute atomic E-state index is 13.4. The van der Waals surface area contributed by atoms with Crippen LogP contribution in [0.4, 0.5) is 5.69 Å². The number of carbonyl (C=O) groups is 3. The number of carbonyl (C=O) groups excluding carboxylic acids is 3. The number of esters is 1. The number of ether oxygens (including phenoxy) is 1. The first-order chi connectivity index (χ1) is 17.3. The Bertz CT molecular complexity index is 1440. The fourth-order valence-corrected chi connectivity index (χ4v) is 5.55. The SMILES string of the molecule is C=CCN(c1ccccc1Cl)S(=O)(=O)c1cccc(C(=O)OCCN2C(=O)c3ccccc3C2=O)c1. The molecular formula is C26H21ClN2O6S. The van der Waals surface area contributed by atoms with Gasteiger partial charge < -0.3 is 4.74 Å². The van der Waals surface area contributed by atoms with Crippen molar-refractivity contribution < 1.29 is 27.5 Å². The molecule has 0 spiro atoms. The number of sulfonamides is 1. The van der Waals surface area contributed by atoms with Crippen molar-refractivity contribution in [3.63, 3.8) is 0 Å². The fraction of sp³-hybridized carbons (Fsp3) is 0.115. The molecule has 0 aliphatic carbocycles. The van der Waals surface area contributed by atoms with Crippen LogP contribution >= 0.6 is 11.6 Å². The Kier molecular flexibility index (Phi) is 7.23. The van der Waals surface area contributed by atoms with Gasteiger partial charge in [0.05, 0.1) is 45.4 Å². The lowest BCUT2D eigenvalue weighted by atomic mass is 10.1. The van der Waals surface area contributed by atoms with Gasteiger partial charge in [-0.15, -0.1) is 6.58 Å². The Morgan fingerprint density at radius 1 is 0.972 bits per heavy atom. The first-order valence-electron chi connectivity index (χ1n) is 10.9. The highest BCUT2D eigenvalue weighted by atomic mass is 35.5. The molecule has 3 aromatic carbocycles. The lowest BCUT2D eigenvalue weighted by molar-refractivity contribution is 0.0420. The van der Waals surface area contributed by atoms with Crippen LogP contribution in [0.2, 0.25) is 5.02 Å². The number of benzene rings is 3. The van der Waals surface area contributed by atoms with E-state index in [2.05, 4.69) is 6.58 Å². The number of para-hydroxylation sites is 1. The van der Waals surface area contributed by atoms with Crippen LogP contribution in [0.5, 0.6) is 0 Å². The van der Waals surface area contributed by atoms with E-state index in [1.165, 1.54) is 30.3 Å². The quantitative estimate of drug-likeness (QED) is 0.236. The molecule has 0 atom stereocenters. The molecule has 1 aliphatic rings. The van der Waals surface area contributed by atoms with Gasteiger partial charge in [-0.1, -0.05) is 48.0 Å². The van der Waals surface area contributed by atoms with Gasteiger partial charge in [-0.25, -0.2) is 13.2 Å². The Labute approximate surface area is 213 Å². The molecular weight excluding hydrogens is 504 g/mol. The van der Waals surface area contributed by atoms with E-state index in [-0.39, 0.29) is 40.9 Å². The van der Waals surface area contributed by atoms with Crippen LogP contribution in [-0.2, 0) is 14.8 Å². The number of amides is 2. The van der Waals surface area contributed by atoms with Gasteiger partial charge in [-0.2, -0.15) is 0 Å². The molecule has 0 saturated heterocycles. The van der Waals surface area contributed by atoms with E-state index in [9.17, 15) is 22.8 Å². The van der Waals surface area contributed by atoms with Gasteiger partial charge in [-0.3, -0.25) is 18.8 Å². The Balaban J connectivity index is 1.48. The third kappa shape index (κ3) is 4.75. The second-order valence-electron chi connectivity index (χ2n) is 7.75. The fourth-order valence-electron chi connectivity index (χ4n) is 3.76. The Hall–Kier alpha value is -3.95. The van der Waals surface area contributed by atoms with E-state index in [1.807, 2.05) is 0 Å². The van der Waals surface area contributed by atoms with Gasteiger partial charge in [-0.05, 0) is 42.5 Å². The zero-order valence-corrected chi connectivity index (χ0v) is 20.5.